The molecule has 1 aromatic carbocycles. The quantitative estimate of drug-likeness (QED) is 0.672. The number of aryl methyl sites for hydroxylation is 1. The predicted octanol–water partition coefficient (Wildman–Crippen LogP) is 3.74. The molecule has 0 fully saturated rings. The van der Waals surface area contributed by atoms with Gasteiger partial charge in [-0.05, 0) is 30.5 Å². The van der Waals surface area contributed by atoms with E-state index in [9.17, 15) is 14.4 Å². The maximum atomic E-state index is 12.7. The first-order valence-corrected chi connectivity index (χ1v) is 9.46. The van der Waals surface area contributed by atoms with E-state index in [1.165, 1.54) is 25.6 Å². The van der Waals surface area contributed by atoms with Crippen molar-refractivity contribution in [3.05, 3.63) is 52.1 Å². The zero-order valence-corrected chi connectivity index (χ0v) is 16.1. The van der Waals surface area contributed by atoms with Gasteiger partial charge in [0.25, 0.3) is 5.91 Å². The second-order valence-corrected chi connectivity index (χ2v) is 7.46. The lowest BCUT2D eigenvalue weighted by Gasteiger charge is -2.11. The number of ether oxygens (including phenoxy) is 2. The lowest BCUT2D eigenvalue weighted by molar-refractivity contribution is -0.142. The van der Waals surface area contributed by atoms with E-state index in [1.807, 2.05) is 18.2 Å². The van der Waals surface area contributed by atoms with Gasteiger partial charge in [0.05, 0.1) is 25.7 Å². The molecule has 2 heterocycles. The molecule has 7 nitrogen and oxygen atoms in total. The maximum absolute atomic E-state index is 12.7. The molecule has 144 valence electrons. The number of nitrogens with one attached hydrogen (secondary N) is 1. The van der Waals surface area contributed by atoms with E-state index in [1.54, 1.807) is 12.1 Å². The van der Waals surface area contributed by atoms with Crippen LogP contribution < -0.4 is 5.32 Å². The number of para-hydroxylation sites is 1. The molecule has 0 spiro atoms. The maximum Gasteiger partial charge on any atom is 0.341 e. The predicted molar refractivity (Wildman–Crippen MR) is 103 cm³/mol. The molecule has 1 N–H and O–H groups in total. The molecule has 3 aromatic rings. The number of carbonyl (C=O) groups excluding carboxylic acids is 3. The summed E-state index contributed by atoms with van der Waals surface area (Å²) in [4.78, 5) is 38.1. The molecular formula is C20H17NO6S. The molecule has 0 saturated carbocycles. The van der Waals surface area contributed by atoms with Crippen LogP contribution in [0.15, 0.2) is 34.7 Å². The van der Waals surface area contributed by atoms with Crippen LogP contribution in [-0.4, -0.2) is 32.1 Å². The van der Waals surface area contributed by atoms with Crippen molar-refractivity contribution in [2.75, 3.05) is 19.5 Å². The van der Waals surface area contributed by atoms with Gasteiger partial charge in [-0.2, -0.15) is 0 Å². The molecule has 1 aliphatic rings. The molecule has 0 bridgehead atoms. The van der Waals surface area contributed by atoms with Crippen LogP contribution in [0.25, 0.3) is 11.0 Å². The summed E-state index contributed by atoms with van der Waals surface area (Å²) in [5, 5.41) is 3.89. The topological polar surface area (TPSA) is 94.8 Å². The highest BCUT2D eigenvalue weighted by molar-refractivity contribution is 7.17. The summed E-state index contributed by atoms with van der Waals surface area (Å²) >= 11 is 1.27. The van der Waals surface area contributed by atoms with Crippen LogP contribution in [0.4, 0.5) is 5.00 Å². The minimum Gasteiger partial charge on any atom is -0.469 e. The van der Waals surface area contributed by atoms with E-state index in [0.717, 1.165) is 10.3 Å². The summed E-state index contributed by atoms with van der Waals surface area (Å²) in [7, 11) is 2.58. The number of furan rings is 1. The zero-order valence-electron chi connectivity index (χ0n) is 15.2. The number of esters is 2. The van der Waals surface area contributed by atoms with Crippen LogP contribution in [-0.2, 0) is 20.7 Å². The summed E-state index contributed by atoms with van der Waals surface area (Å²) in [5.41, 5.74) is 1.39. The Kier molecular flexibility index (Phi) is 4.64. The number of carbonyl (C=O) groups is 3. The van der Waals surface area contributed by atoms with Crippen LogP contribution >= 0.6 is 11.3 Å². The van der Waals surface area contributed by atoms with Gasteiger partial charge in [0.1, 0.15) is 10.6 Å². The third-order valence-corrected chi connectivity index (χ3v) is 5.96. The number of rotatable bonds is 4. The SMILES string of the molecule is COC(=O)c1c(NC(=O)c2cc3ccccc3o2)sc2c1[C@@H](C(=O)OC)CC2. The number of anilines is 1. The van der Waals surface area contributed by atoms with Crippen LogP contribution in [0.2, 0.25) is 0 Å². The molecule has 0 saturated heterocycles. The van der Waals surface area contributed by atoms with Crippen molar-refractivity contribution >= 4 is 45.2 Å². The number of hydrogen-bond donors (Lipinski definition) is 1. The lowest BCUT2D eigenvalue weighted by atomic mass is 9.99. The fourth-order valence-corrected chi connectivity index (χ4v) is 4.75. The van der Waals surface area contributed by atoms with E-state index in [2.05, 4.69) is 5.32 Å². The van der Waals surface area contributed by atoms with Gasteiger partial charge >= 0.3 is 11.9 Å². The van der Waals surface area contributed by atoms with E-state index in [0.29, 0.717) is 29.0 Å². The standard InChI is InChI=1S/C20H17NO6S/c1-25-19(23)11-7-8-14-15(11)16(20(24)26-2)18(28-14)21-17(22)13-9-10-5-3-4-6-12(10)27-13/h3-6,9,11H,7-8H2,1-2H3,(H,21,22)/t11-/m0/s1. The van der Waals surface area contributed by atoms with E-state index in [4.69, 9.17) is 13.9 Å². The monoisotopic (exact) mass is 399 g/mol. The van der Waals surface area contributed by atoms with Gasteiger partial charge in [-0.15, -0.1) is 11.3 Å². The molecule has 1 amide bonds. The van der Waals surface area contributed by atoms with Crippen molar-refractivity contribution in [3.8, 4) is 0 Å². The van der Waals surface area contributed by atoms with Gasteiger partial charge in [-0.3, -0.25) is 9.59 Å². The van der Waals surface area contributed by atoms with Crippen molar-refractivity contribution < 1.29 is 28.3 Å². The molecule has 8 heteroatoms. The normalized spacial score (nSPS) is 15.3. The van der Waals surface area contributed by atoms with Crippen LogP contribution in [0.5, 0.6) is 0 Å². The molecule has 0 radical (unpaired) electrons. The summed E-state index contributed by atoms with van der Waals surface area (Å²) in [6.45, 7) is 0. The van der Waals surface area contributed by atoms with Gasteiger partial charge in [0.15, 0.2) is 5.76 Å². The summed E-state index contributed by atoms with van der Waals surface area (Å²) < 4.78 is 15.3. The van der Waals surface area contributed by atoms with E-state index in [-0.39, 0.29) is 11.3 Å². The summed E-state index contributed by atoms with van der Waals surface area (Å²) in [6, 6.07) is 8.93. The van der Waals surface area contributed by atoms with Crippen molar-refractivity contribution in [2.45, 2.75) is 18.8 Å². The highest BCUT2D eigenvalue weighted by Crippen LogP contribution is 2.46. The number of fused-ring (bicyclic) bond motifs is 2. The third kappa shape index (κ3) is 2.95. The molecular weight excluding hydrogens is 382 g/mol. The van der Waals surface area contributed by atoms with Crippen LogP contribution in [0.1, 0.15) is 43.7 Å². The number of amides is 1. The molecule has 1 atom stereocenters. The number of thiophene rings is 1. The van der Waals surface area contributed by atoms with Gasteiger partial charge in [0, 0.05) is 10.3 Å². The second kappa shape index (κ2) is 7.12. The molecule has 2 aromatic heterocycles. The Hall–Kier alpha value is -3.13. The Bertz CT molecular complexity index is 1060. The van der Waals surface area contributed by atoms with Crippen molar-refractivity contribution in [1.82, 2.24) is 0 Å². The van der Waals surface area contributed by atoms with Crippen molar-refractivity contribution in [3.63, 3.8) is 0 Å². The van der Waals surface area contributed by atoms with Gasteiger partial charge in [0.2, 0.25) is 0 Å². The van der Waals surface area contributed by atoms with Crippen molar-refractivity contribution in [2.24, 2.45) is 0 Å². The van der Waals surface area contributed by atoms with Gasteiger partial charge < -0.3 is 19.2 Å². The minimum absolute atomic E-state index is 0.134. The van der Waals surface area contributed by atoms with Crippen LogP contribution in [0, 0.1) is 0 Å². The first-order chi connectivity index (χ1) is 13.5. The average molecular weight is 399 g/mol. The molecule has 0 aliphatic heterocycles. The number of benzene rings is 1. The Labute approximate surface area is 164 Å². The zero-order chi connectivity index (χ0) is 19.8. The highest BCUT2D eigenvalue weighted by atomic mass is 32.1. The Morgan fingerprint density at radius 2 is 1.96 bits per heavy atom. The fraction of sp³-hybridized carbons (Fsp3) is 0.250. The third-order valence-electron chi connectivity index (χ3n) is 4.78. The summed E-state index contributed by atoms with van der Waals surface area (Å²) in [5.74, 6) is -1.89. The fourth-order valence-electron chi connectivity index (χ4n) is 3.49. The number of methoxy groups -OCH3 is 2. The first-order valence-electron chi connectivity index (χ1n) is 8.65. The minimum atomic E-state index is -0.604. The van der Waals surface area contributed by atoms with E-state index < -0.39 is 23.8 Å². The largest absolute Gasteiger partial charge is 0.469 e. The molecule has 1 aliphatic carbocycles. The lowest BCUT2D eigenvalue weighted by Crippen LogP contribution is -2.17. The number of hydrogen-bond acceptors (Lipinski definition) is 7. The Morgan fingerprint density at radius 1 is 1.18 bits per heavy atom. The average Bonchev–Trinajstić information content (AvgIpc) is 3.39. The van der Waals surface area contributed by atoms with Crippen LogP contribution in [0.3, 0.4) is 0 Å². The smallest absolute Gasteiger partial charge is 0.341 e. The van der Waals surface area contributed by atoms with Gasteiger partial charge in [-0.25, -0.2) is 4.79 Å². The summed E-state index contributed by atoms with van der Waals surface area (Å²) in [6.07, 6.45) is 1.19. The molecule has 4 rings (SSSR count). The highest BCUT2D eigenvalue weighted by Gasteiger charge is 2.38. The van der Waals surface area contributed by atoms with E-state index >= 15 is 0 Å². The second-order valence-electron chi connectivity index (χ2n) is 6.35. The van der Waals surface area contributed by atoms with Gasteiger partial charge in [-0.1, -0.05) is 18.2 Å². The molecule has 28 heavy (non-hydrogen) atoms. The van der Waals surface area contributed by atoms with Crippen molar-refractivity contribution in [1.29, 1.82) is 0 Å². The Morgan fingerprint density at radius 3 is 2.68 bits per heavy atom. The Balaban J connectivity index is 1.70. The molecule has 0 unspecified atom stereocenters. The first kappa shape index (κ1) is 18.2.